The fourth-order valence-corrected chi connectivity index (χ4v) is 3.02. The van der Waals surface area contributed by atoms with Crippen molar-refractivity contribution in [1.82, 2.24) is 0 Å². The van der Waals surface area contributed by atoms with Gasteiger partial charge in [0.25, 0.3) is 0 Å². The van der Waals surface area contributed by atoms with Crippen LogP contribution in [0, 0.1) is 0 Å². The summed E-state index contributed by atoms with van der Waals surface area (Å²) in [5, 5.41) is 3.92. The van der Waals surface area contributed by atoms with Gasteiger partial charge in [0.1, 0.15) is 0 Å². The Morgan fingerprint density at radius 3 is 2.65 bits per heavy atom. The number of alkyl halides is 1. The Labute approximate surface area is 110 Å². The second-order valence-corrected chi connectivity index (χ2v) is 5.20. The lowest BCUT2D eigenvalue weighted by molar-refractivity contribution is 1.02. The summed E-state index contributed by atoms with van der Waals surface area (Å²) in [7, 11) is 0. The Kier molecular flexibility index (Phi) is 3.02. The van der Waals surface area contributed by atoms with Gasteiger partial charge in [0, 0.05) is 5.33 Å². The van der Waals surface area contributed by atoms with Gasteiger partial charge < -0.3 is 0 Å². The number of allylic oxidation sites excluding steroid dienone is 2. The zero-order valence-electron chi connectivity index (χ0n) is 9.75. The van der Waals surface area contributed by atoms with E-state index in [1.54, 1.807) is 0 Å². The number of hydrogen-bond acceptors (Lipinski definition) is 0. The summed E-state index contributed by atoms with van der Waals surface area (Å²) < 4.78 is 0. The predicted molar refractivity (Wildman–Crippen MR) is 78.0 cm³/mol. The minimum Gasteiger partial charge on any atom is -0.0883 e. The summed E-state index contributed by atoms with van der Waals surface area (Å²) in [5.74, 6) is 0. The van der Waals surface area contributed by atoms with Gasteiger partial charge in [0.2, 0.25) is 0 Å². The highest BCUT2D eigenvalue weighted by molar-refractivity contribution is 9.09. The smallest absolute Gasteiger partial charge is 0.0212 e. The van der Waals surface area contributed by atoms with Crippen LogP contribution >= 0.6 is 15.9 Å². The van der Waals surface area contributed by atoms with Crippen LogP contribution < -0.4 is 0 Å². The number of halogens is 1. The summed E-state index contributed by atoms with van der Waals surface area (Å²) in [4.78, 5) is 0. The SMILES string of the molecule is BrCC=CCc1ccc2c3c(cccc13)CC2. The third-order valence-electron chi connectivity index (χ3n) is 3.56. The van der Waals surface area contributed by atoms with E-state index in [1.807, 2.05) is 0 Å². The molecule has 0 amide bonds. The molecule has 17 heavy (non-hydrogen) atoms. The number of rotatable bonds is 3. The molecule has 0 unspecified atom stereocenters. The molecule has 0 saturated carbocycles. The summed E-state index contributed by atoms with van der Waals surface area (Å²) >= 11 is 3.42. The summed E-state index contributed by atoms with van der Waals surface area (Å²) in [6.45, 7) is 0. The van der Waals surface area contributed by atoms with Crippen molar-refractivity contribution in [2.75, 3.05) is 5.33 Å². The largest absolute Gasteiger partial charge is 0.0883 e. The first-order valence-corrected chi connectivity index (χ1v) is 7.25. The molecule has 0 nitrogen and oxygen atoms in total. The molecular formula is C16H15Br. The quantitative estimate of drug-likeness (QED) is 0.578. The van der Waals surface area contributed by atoms with E-state index in [-0.39, 0.29) is 0 Å². The Morgan fingerprint density at radius 2 is 1.82 bits per heavy atom. The van der Waals surface area contributed by atoms with Gasteiger partial charge in [-0.05, 0) is 46.7 Å². The molecule has 0 aliphatic heterocycles. The zero-order chi connectivity index (χ0) is 11.7. The Hall–Kier alpha value is -1.08. The lowest BCUT2D eigenvalue weighted by atomic mass is 9.98. The van der Waals surface area contributed by atoms with E-state index in [2.05, 4.69) is 58.4 Å². The molecule has 0 saturated heterocycles. The van der Waals surface area contributed by atoms with Crippen LogP contribution in [-0.4, -0.2) is 5.33 Å². The molecule has 0 spiro atoms. The second-order valence-electron chi connectivity index (χ2n) is 4.55. The lowest BCUT2D eigenvalue weighted by Crippen LogP contribution is -1.87. The summed E-state index contributed by atoms with van der Waals surface area (Å²) in [5.41, 5.74) is 4.51. The molecule has 86 valence electrons. The van der Waals surface area contributed by atoms with Crippen LogP contribution in [0.1, 0.15) is 16.7 Å². The number of aryl methyl sites for hydroxylation is 2. The van der Waals surface area contributed by atoms with Crippen molar-refractivity contribution in [3.63, 3.8) is 0 Å². The second kappa shape index (κ2) is 4.66. The van der Waals surface area contributed by atoms with Crippen molar-refractivity contribution in [1.29, 1.82) is 0 Å². The molecule has 1 aliphatic carbocycles. The molecule has 0 fully saturated rings. The molecule has 0 N–H and O–H groups in total. The highest BCUT2D eigenvalue weighted by Gasteiger charge is 2.14. The monoisotopic (exact) mass is 286 g/mol. The van der Waals surface area contributed by atoms with Crippen LogP contribution in [0.3, 0.4) is 0 Å². The maximum atomic E-state index is 3.42. The molecule has 0 aromatic heterocycles. The number of hydrogen-bond donors (Lipinski definition) is 0. The van der Waals surface area contributed by atoms with Crippen molar-refractivity contribution in [3.8, 4) is 0 Å². The molecule has 0 atom stereocenters. The molecule has 1 aliphatic rings. The van der Waals surface area contributed by atoms with Crippen LogP contribution in [0.4, 0.5) is 0 Å². The highest BCUT2D eigenvalue weighted by Crippen LogP contribution is 2.32. The topological polar surface area (TPSA) is 0 Å². The van der Waals surface area contributed by atoms with Crippen LogP contribution in [-0.2, 0) is 19.3 Å². The third-order valence-corrected chi connectivity index (χ3v) is 3.93. The van der Waals surface area contributed by atoms with Gasteiger partial charge in [-0.25, -0.2) is 0 Å². The minimum atomic E-state index is 0.939. The average molecular weight is 287 g/mol. The van der Waals surface area contributed by atoms with Crippen LogP contribution in [0.2, 0.25) is 0 Å². The van der Waals surface area contributed by atoms with Gasteiger partial charge >= 0.3 is 0 Å². The van der Waals surface area contributed by atoms with E-state index in [4.69, 9.17) is 0 Å². The summed E-state index contributed by atoms with van der Waals surface area (Å²) in [6.07, 6.45) is 7.88. The van der Waals surface area contributed by atoms with Crippen LogP contribution in [0.15, 0.2) is 42.5 Å². The van der Waals surface area contributed by atoms with E-state index in [1.165, 1.54) is 40.3 Å². The maximum Gasteiger partial charge on any atom is 0.0212 e. The molecule has 2 aromatic carbocycles. The van der Waals surface area contributed by atoms with Gasteiger partial charge in [-0.15, -0.1) is 0 Å². The molecule has 2 aromatic rings. The first-order chi connectivity index (χ1) is 8.40. The number of benzene rings is 2. The van der Waals surface area contributed by atoms with Gasteiger partial charge in [-0.3, -0.25) is 0 Å². The molecule has 0 radical (unpaired) electrons. The third kappa shape index (κ3) is 1.93. The van der Waals surface area contributed by atoms with Crippen molar-refractivity contribution < 1.29 is 0 Å². The zero-order valence-corrected chi connectivity index (χ0v) is 11.3. The first kappa shape index (κ1) is 11.0. The normalized spacial score (nSPS) is 13.9. The van der Waals surface area contributed by atoms with E-state index < -0.39 is 0 Å². The van der Waals surface area contributed by atoms with E-state index >= 15 is 0 Å². The van der Waals surface area contributed by atoms with Crippen molar-refractivity contribution in [2.45, 2.75) is 19.3 Å². The average Bonchev–Trinajstić information content (AvgIpc) is 2.78. The van der Waals surface area contributed by atoms with E-state index in [0.717, 1.165) is 11.8 Å². The Balaban J connectivity index is 2.12. The lowest BCUT2D eigenvalue weighted by Gasteiger charge is -2.07. The highest BCUT2D eigenvalue weighted by atomic mass is 79.9. The fourth-order valence-electron chi connectivity index (χ4n) is 2.76. The molecule has 3 rings (SSSR count). The van der Waals surface area contributed by atoms with Gasteiger partial charge in [-0.1, -0.05) is 58.4 Å². The van der Waals surface area contributed by atoms with Crippen molar-refractivity contribution >= 4 is 26.7 Å². The van der Waals surface area contributed by atoms with Crippen molar-refractivity contribution in [3.05, 3.63) is 59.2 Å². The van der Waals surface area contributed by atoms with Gasteiger partial charge in [-0.2, -0.15) is 0 Å². The first-order valence-electron chi connectivity index (χ1n) is 6.13. The molecule has 1 heteroatoms. The molecule has 0 heterocycles. The molecule has 0 bridgehead atoms. The Bertz CT molecular complexity index is 571. The predicted octanol–water partition coefficient (Wildman–Crippen LogP) is 4.43. The van der Waals surface area contributed by atoms with Gasteiger partial charge in [0.15, 0.2) is 0 Å². The van der Waals surface area contributed by atoms with Crippen LogP contribution in [0.5, 0.6) is 0 Å². The van der Waals surface area contributed by atoms with Crippen LogP contribution in [0.25, 0.3) is 10.8 Å². The maximum absolute atomic E-state index is 3.42. The van der Waals surface area contributed by atoms with Crippen molar-refractivity contribution in [2.24, 2.45) is 0 Å². The van der Waals surface area contributed by atoms with E-state index in [0.29, 0.717) is 0 Å². The fraction of sp³-hybridized carbons (Fsp3) is 0.250. The summed E-state index contributed by atoms with van der Waals surface area (Å²) in [6, 6.07) is 11.4. The molecular weight excluding hydrogens is 272 g/mol. The minimum absolute atomic E-state index is 0.939. The standard InChI is InChI=1S/C16H15Br/c17-11-2-1-4-12-7-8-14-10-9-13-5-3-6-15(12)16(13)14/h1-3,5-8H,4,9-11H2. The van der Waals surface area contributed by atoms with E-state index in [9.17, 15) is 0 Å². The van der Waals surface area contributed by atoms with Gasteiger partial charge in [0.05, 0.1) is 0 Å². The Morgan fingerprint density at radius 1 is 1.00 bits per heavy atom.